The molecule has 1 heterocycles. The van der Waals surface area contributed by atoms with Gasteiger partial charge < -0.3 is 0 Å². The molecule has 2 rings (SSSR count). The first-order chi connectivity index (χ1) is 8.50. The number of anilines is 1. The molecule has 0 saturated carbocycles. The average molecular weight is 248 g/mol. The molecule has 18 heavy (non-hydrogen) atoms. The van der Waals surface area contributed by atoms with Crippen LogP contribution in [0.3, 0.4) is 0 Å². The molecule has 0 unspecified atom stereocenters. The van der Waals surface area contributed by atoms with Crippen molar-refractivity contribution in [1.29, 1.82) is 0 Å². The SMILES string of the molecule is Cc1cc([N+](=O)[O-])ccc1N1C(=O)CCCC1=O. The van der Waals surface area contributed by atoms with Gasteiger partial charge in [-0.2, -0.15) is 0 Å². The molecule has 6 heteroatoms. The normalized spacial score (nSPS) is 15.9. The molecule has 1 aromatic carbocycles. The summed E-state index contributed by atoms with van der Waals surface area (Å²) in [5.41, 5.74) is 0.941. The predicted octanol–water partition coefficient (Wildman–Crippen LogP) is 1.95. The molecule has 1 aliphatic heterocycles. The second kappa shape index (κ2) is 4.56. The maximum atomic E-state index is 11.7. The van der Waals surface area contributed by atoms with Crippen LogP contribution in [-0.4, -0.2) is 16.7 Å². The Hall–Kier alpha value is -2.24. The lowest BCUT2D eigenvalue weighted by molar-refractivity contribution is -0.384. The number of imide groups is 1. The smallest absolute Gasteiger partial charge is 0.269 e. The van der Waals surface area contributed by atoms with Crippen LogP contribution in [0.5, 0.6) is 0 Å². The highest BCUT2D eigenvalue weighted by Crippen LogP contribution is 2.28. The van der Waals surface area contributed by atoms with E-state index in [2.05, 4.69) is 0 Å². The van der Waals surface area contributed by atoms with E-state index in [1.54, 1.807) is 6.92 Å². The maximum absolute atomic E-state index is 11.7. The number of rotatable bonds is 2. The molecule has 0 aromatic heterocycles. The quantitative estimate of drug-likeness (QED) is 0.455. The van der Waals surface area contributed by atoms with Crippen molar-refractivity contribution in [2.45, 2.75) is 26.2 Å². The Morgan fingerprint density at radius 1 is 1.22 bits per heavy atom. The van der Waals surface area contributed by atoms with E-state index < -0.39 is 4.92 Å². The number of benzene rings is 1. The molecule has 0 aliphatic carbocycles. The largest absolute Gasteiger partial charge is 0.274 e. The van der Waals surface area contributed by atoms with Crippen LogP contribution in [0.2, 0.25) is 0 Å². The van der Waals surface area contributed by atoms with E-state index in [1.807, 2.05) is 0 Å². The van der Waals surface area contributed by atoms with Crippen molar-refractivity contribution in [3.8, 4) is 0 Å². The molecule has 1 aromatic rings. The third-order valence-electron chi connectivity index (χ3n) is 2.91. The summed E-state index contributed by atoms with van der Waals surface area (Å²) >= 11 is 0. The Labute approximate surface area is 103 Å². The van der Waals surface area contributed by atoms with E-state index in [0.29, 0.717) is 30.5 Å². The van der Waals surface area contributed by atoms with E-state index in [9.17, 15) is 19.7 Å². The minimum atomic E-state index is -0.503. The maximum Gasteiger partial charge on any atom is 0.269 e. The number of hydrogen-bond donors (Lipinski definition) is 0. The number of amides is 2. The lowest BCUT2D eigenvalue weighted by Crippen LogP contribution is -2.40. The predicted molar refractivity (Wildman–Crippen MR) is 64.2 cm³/mol. The summed E-state index contributed by atoms with van der Waals surface area (Å²) in [5.74, 6) is -0.494. The zero-order valence-corrected chi connectivity index (χ0v) is 9.88. The van der Waals surface area contributed by atoms with Gasteiger partial charge in [-0.05, 0) is 25.0 Å². The molecule has 0 bridgehead atoms. The van der Waals surface area contributed by atoms with Gasteiger partial charge >= 0.3 is 0 Å². The summed E-state index contributed by atoms with van der Waals surface area (Å²) in [4.78, 5) is 34.7. The van der Waals surface area contributed by atoms with Crippen molar-refractivity contribution in [2.75, 3.05) is 4.90 Å². The number of piperidine rings is 1. The zero-order chi connectivity index (χ0) is 13.3. The number of nitrogens with zero attached hydrogens (tertiary/aromatic N) is 2. The van der Waals surface area contributed by atoms with Gasteiger partial charge in [-0.3, -0.25) is 24.6 Å². The van der Waals surface area contributed by atoms with E-state index in [1.165, 1.54) is 18.2 Å². The fourth-order valence-electron chi connectivity index (χ4n) is 2.03. The summed E-state index contributed by atoms with van der Waals surface area (Å²) in [7, 11) is 0. The number of non-ortho nitro benzene ring substituents is 1. The molecule has 1 aliphatic rings. The molecule has 1 saturated heterocycles. The summed E-state index contributed by atoms with van der Waals surface area (Å²) < 4.78 is 0. The Bertz CT molecular complexity index is 523. The van der Waals surface area contributed by atoms with Gasteiger partial charge in [0.05, 0.1) is 10.6 Å². The summed E-state index contributed by atoms with van der Waals surface area (Å²) in [6, 6.07) is 4.12. The van der Waals surface area contributed by atoms with Crippen molar-refractivity contribution in [1.82, 2.24) is 0 Å². The second-order valence-corrected chi connectivity index (χ2v) is 4.20. The highest BCUT2D eigenvalue weighted by molar-refractivity contribution is 6.16. The molecule has 6 nitrogen and oxygen atoms in total. The molecule has 94 valence electrons. The molecular weight excluding hydrogens is 236 g/mol. The van der Waals surface area contributed by atoms with Gasteiger partial charge in [0.15, 0.2) is 0 Å². The monoisotopic (exact) mass is 248 g/mol. The van der Waals surface area contributed by atoms with E-state index in [4.69, 9.17) is 0 Å². The highest BCUT2D eigenvalue weighted by atomic mass is 16.6. The molecule has 0 atom stereocenters. The Morgan fingerprint density at radius 3 is 2.33 bits per heavy atom. The molecule has 1 fully saturated rings. The van der Waals surface area contributed by atoms with Crippen LogP contribution in [0, 0.1) is 17.0 Å². The Kier molecular flexibility index (Phi) is 3.10. The van der Waals surface area contributed by atoms with Crippen LogP contribution in [0.1, 0.15) is 24.8 Å². The average Bonchev–Trinajstić information content (AvgIpc) is 2.30. The van der Waals surface area contributed by atoms with Gasteiger partial charge in [0.1, 0.15) is 0 Å². The molecular formula is C12H12N2O4. The lowest BCUT2D eigenvalue weighted by atomic mass is 10.1. The highest BCUT2D eigenvalue weighted by Gasteiger charge is 2.28. The van der Waals surface area contributed by atoms with Crippen LogP contribution < -0.4 is 4.90 Å². The van der Waals surface area contributed by atoms with Crippen LogP contribution in [0.25, 0.3) is 0 Å². The minimum Gasteiger partial charge on any atom is -0.274 e. The fourth-order valence-corrected chi connectivity index (χ4v) is 2.03. The molecule has 2 amide bonds. The first-order valence-electron chi connectivity index (χ1n) is 5.61. The van der Waals surface area contributed by atoms with Crippen molar-refractivity contribution < 1.29 is 14.5 Å². The van der Waals surface area contributed by atoms with E-state index in [0.717, 1.165) is 4.90 Å². The van der Waals surface area contributed by atoms with Crippen molar-refractivity contribution in [2.24, 2.45) is 0 Å². The van der Waals surface area contributed by atoms with E-state index in [-0.39, 0.29) is 17.5 Å². The summed E-state index contributed by atoms with van der Waals surface area (Å²) in [6.07, 6.45) is 1.24. The van der Waals surface area contributed by atoms with Crippen LogP contribution in [0.4, 0.5) is 11.4 Å². The van der Waals surface area contributed by atoms with Crippen molar-refractivity contribution >= 4 is 23.2 Å². The van der Waals surface area contributed by atoms with Crippen molar-refractivity contribution in [3.05, 3.63) is 33.9 Å². The first-order valence-corrected chi connectivity index (χ1v) is 5.61. The molecule has 0 spiro atoms. The third-order valence-corrected chi connectivity index (χ3v) is 2.91. The second-order valence-electron chi connectivity index (χ2n) is 4.20. The van der Waals surface area contributed by atoms with Gasteiger partial charge in [-0.25, -0.2) is 0 Å². The van der Waals surface area contributed by atoms with Gasteiger partial charge in [-0.15, -0.1) is 0 Å². The first kappa shape index (κ1) is 12.2. The standard InChI is InChI=1S/C12H12N2O4/c1-8-7-9(14(17)18)5-6-10(8)13-11(15)3-2-4-12(13)16/h5-7H,2-4H2,1H3. The number of carbonyl (C=O) groups is 2. The number of carbonyl (C=O) groups excluding carboxylic acids is 2. The van der Waals surface area contributed by atoms with Gasteiger partial charge in [0, 0.05) is 25.0 Å². The number of hydrogen-bond acceptors (Lipinski definition) is 4. The topological polar surface area (TPSA) is 80.5 Å². The lowest BCUT2D eigenvalue weighted by Gasteiger charge is -2.26. The van der Waals surface area contributed by atoms with Crippen LogP contribution in [0.15, 0.2) is 18.2 Å². The van der Waals surface area contributed by atoms with Gasteiger partial charge in [0.25, 0.3) is 5.69 Å². The van der Waals surface area contributed by atoms with Crippen LogP contribution >= 0.6 is 0 Å². The number of aryl methyl sites for hydroxylation is 1. The number of nitro benzene ring substituents is 1. The zero-order valence-electron chi connectivity index (χ0n) is 9.88. The van der Waals surface area contributed by atoms with Gasteiger partial charge in [-0.1, -0.05) is 0 Å². The third kappa shape index (κ3) is 2.09. The number of nitro groups is 1. The minimum absolute atomic E-state index is 0.0480. The van der Waals surface area contributed by atoms with E-state index >= 15 is 0 Å². The molecule has 0 N–H and O–H groups in total. The van der Waals surface area contributed by atoms with Gasteiger partial charge in [0.2, 0.25) is 11.8 Å². The Morgan fingerprint density at radius 2 is 1.83 bits per heavy atom. The van der Waals surface area contributed by atoms with Crippen molar-refractivity contribution in [3.63, 3.8) is 0 Å². The Balaban J connectivity index is 2.41. The molecule has 0 radical (unpaired) electrons. The fraction of sp³-hybridized carbons (Fsp3) is 0.333. The van der Waals surface area contributed by atoms with Crippen LogP contribution in [-0.2, 0) is 9.59 Å². The summed E-state index contributed by atoms with van der Waals surface area (Å²) in [6.45, 7) is 1.65. The summed E-state index contributed by atoms with van der Waals surface area (Å²) in [5, 5.41) is 10.6.